The van der Waals surface area contributed by atoms with Gasteiger partial charge >= 0.3 is 12.0 Å². The van der Waals surface area contributed by atoms with Crippen LogP contribution in [0.3, 0.4) is 0 Å². The molecule has 4 N–H and O–H groups in total. The molecule has 9 nitrogen and oxygen atoms in total. The molecule has 0 radical (unpaired) electrons. The van der Waals surface area contributed by atoms with Crippen LogP contribution < -0.4 is 11.1 Å². The minimum atomic E-state index is -1.11. The second-order valence-electron chi connectivity index (χ2n) is 4.01. The molecular weight excluding hydrogens is 266 g/mol. The lowest BCUT2D eigenvalue weighted by atomic mass is 10.5. The number of hydrogen-bond acceptors (Lipinski definition) is 4. The number of hydrogen-bond donors (Lipinski definition) is 3. The van der Waals surface area contributed by atoms with Gasteiger partial charge < -0.3 is 25.6 Å². The number of aromatic carboxylic acids is 1. The molecule has 0 bridgehead atoms. The lowest BCUT2D eigenvalue weighted by Crippen LogP contribution is -2.44. The fourth-order valence-electron chi connectivity index (χ4n) is 1.51. The molecule has 0 aliphatic rings. The number of carboxylic acid groups (broad SMARTS) is 1. The highest BCUT2D eigenvalue weighted by molar-refractivity contribution is 5.85. The average Bonchev–Trinajstić information content (AvgIpc) is 2.84. The van der Waals surface area contributed by atoms with Crippen molar-refractivity contribution in [2.45, 2.75) is 13.5 Å². The molecule has 1 aromatic rings. The van der Waals surface area contributed by atoms with E-state index in [0.29, 0.717) is 13.1 Å². The van der Waals surface area contributed by atoms with Crippen LogP contribution >= 0.6 is 0 Å². The minimum Gasteiger partial charge on any atom is -0.476 e. The number of nitrogens with one attached hydrogen (secondary N) is 1. The summed E-state index contributed by atoms with van der Waals surface area (Å²) in [5, 5.41) is 11.3. The Hall–Kier alpha value is -2.58. The van der Waals surface area contributed by atoms with Crippen LogP contribution in [0.1, 0.15) is 17.4 Å². The Morgan fingerprint density at radius 2 is 2.20 bits per heavy atom. The number of nitrogens with zero attached hydrogens (tertiary/aromatic N) is 3. The van der Waals surface area contributed by atoms with Crippen LogP contribution in [0, 0.1) is 0 Å². The van der Waals surface area contributed by atoms with Gasteiger partial charge in [0.1, 0.15) is 6.54 Å². The van der Waals surface area contributed by atoms with Crippen molar-refractivity contribution in [3.63, 3.8) is 0 Å². The lowest BCUT2D eigenvalue weighted by Gasteiger charge is -2.19. The predicted octanol–water partition coefficient (Wildman–Crippen LogP) is -0.902. The second-order valence-corrected chi connectivity index (χ2v) is 4.01. The molecular formula is C11H17N5O4. The zero-order valence-corrected chi connectivity index (χ0v) is 11.1. The zero-order chi connectivity index (χ0) is 15.1. The summed E-state index contributed by atoms with van der Waals surface area (Å²) in [4.78, 5) is 38.1. The Kier molecular flexibility index (Phi) is 5.51. The first kappa shape index (κ1) is 15.5. The SMILES string of the molecule is CCN(CC(N)=O)C(=O)NCCn1cnc(C(=O)O)c1. The van der Waals surface area contributed by atoms with E-state index in [4.69, 9.17) is 10.8 Å². The van der Waals surface area contributed by atoms with E-state index in [9.17, 15) is 14.4 Å². The Balaban J connectivity index is 2.40. The Morgan fingerprint density at radius 3 is 2.70 bits per heavy atom. The first-order valence-electron chi connectivity index (χ1n) is 6.00. The van der Waals surface area contributed by atoms with Crippen molar-refractivity contribution in [3.8, 4) is 0 Å². The Bertz CT molecular complexity index is 499. The molecule has 0 atom stereocenters. The smallest absolute Gasteiger partial charge is 0.356 e. The average molecular weight is 283 g/mol. The van der Waals surface area contributed by atoms with Gasteiger partial charge in [-0.25, -0.2) is 14.6 Å². The number of carbonyl (C=O) groups excluding carboxylic acids is 2. The first-order valence-corrected chi connectivity index (χ1v) is 6.00. The molecule has 1 aromatic heterocycles. The number of likely N-dealkylation sites (N-methyl/N-ethyl adjacent to an activating group) is 1. The van der Waals surface area contributed by atoms with Crippen LogP contribution in [0.4, 0.5) is 4.79 Å². The number of carboxylic acids is 1. The van der Waals surface area contributed by atoms with Gasteiger partial charge in [-0.1, -0.05) is 0 Å². The van der Waals surface area contributed by atoms with Crippen molar-refractivity contribution < 1.29 is 19.5 Å². The number of urea groups is 1. The van der Waals surface area contributed by atoms with E-state index in [0.717, 1.165) is 0 Å². The largest absolute Gasteiger partial charge is 0.476 e. The molecule has 3 amide bonds. The van der Waals surface area contributed by atoms with E-state index in [1.54, 1.807) is 11.5 Å². The molecule has 1 heterocycles. The maximum Gasteiger partial charge on any atom is 0.356 e. The summed E-state index contributed by atoms with van der Waals surface area (Å²) in [6.07, 6.45) is 2.74. The zero-order valence-electron chi connectivity index (χ0n) is 11.1. The van der Waals surface area contributed by atoms with Crippen LogP contribution in [0.25, 0.3) is 0 Å². The summed E-state index contributed by atoms with van der Waals surface area (Å²) in [7, 11) is 0. The predicted molar refractivity (Wildman–Crippen MR) is 69.0 cm³/mol. The lowest BCUT2D eigenvalue weighted by molar-refractivity contribution is -0.118. The van der Waals surface area contributed by atoms with Crippen LogP contribution in [0.5, 0.6) is 0 Å². The monoisotopic (exact) mass is 283 g/mol. The van der Waals surface area contributed by atoms with Gasteiger partial charge in [0, 0.05) is 25.8 Å². The molecule has 9 heteroatoms. The normalized spacial score (nSPS) is 10.1. The third-order valence-corrected chi connectivity index (χ3v) is 2.51. The number of imidazole rings is 1. The van der Waals surface area contributed by atoms with Crippen LogP contribution in [-0.2, 0) is 11.3 Å². The minimum absolute atomic E-state index is 0.0553. The quantitative estimate of drug-likeness (QED) is 0.596. The van der Waals surface area contributed by atoms with Crippen LogP contribution in [0.2, 0.25) is 0 Å². The number of nitrogens with two attached hydrogens (primary N) is 1. The van der Waals surface area contributed by atoms with E-state index in [1.807, 2.05) is 0 Å². The topological polar surface area (TPSA) is 131 Å². The highest BCUT2D eigenvalue weighted by Gasteiger charge is 2.13. The van der Waals surface area contributed by atoms with Crippen molar-refractivity contribution in [1.29, 1.82) is 0 Å². The van der Waals surface area contributed by atoms with Crippen LogP contribution in [0.15, 0.2) is 12.5 Å². The van der Waals surface area contributed by atoms with Crippen LogP contribution in [-0.4, -0.2) is 57.1 Å². The van der Waals surface area contributed by atoms with E-state index < -0.39 is 17.9 Å². The van der Waals surface area contributed by atoms with Gasteiger partial charge in [0.2, 0.25) is 5.91 Å². The maximum atomic E-state index is 11.7. The van der Waals surface area contributed by atoms with Crippen molar-refractivity contribution >= 4 is 17.9 Å². The third-order valence-electron chi connectivity index (χ3n) is 2.51. The molecule has 0 aromatic carbocycles. The molecule has 20 heavy (non-hydrogen) atoms. The van der Waals surface area contributed by atoms with E-state index in [1.165, 1.54) is 17.4 Å². The summed E-state index contributed by atoms with van der Waals surface area (Å²) in [6.45, 7) is 2.61. The number of aromatic nitrogens is 2. The van der Waals surface area contributed by atoms with Gasteiger partial charge in [-0.3, -0.25) is 4.79 Å². The first-order chi connectivity index (χ1) is 9.43. The highest BCUT2D eigenvalue weighted by Crippen LogP contribution is 1.95. The van der Waals surface area contributed by atoms with Gasteiger partial charge in [-0.15, -0.1) is 0 Å². The summed E-state index contributed by atoms with van der Waals surface area (Å²) < 4.78 is 1.55. The molecule has 1 rings (SSSR count). The number of rotatable bonds is 7. The second kappa shape index (κ2) is 7.12. The van der Waals surface area contributed by atoms with Crippen molar-refractivity contribution in [2.75, 3.05) is 19.6 Å². The number of primary amides is 1. The van der Waals surface area contributed by atoms with E-state index >= 15 is 0 Å². The van der Waals surface area contributed by atoms with Crippen molar-refractivity contribution in [3.05, 3.63) is 18.2 Å². The van der Waals surface area contributed by atoms with Crippen molar-refractivity contribution in [2.24, 2.45) is 5.73 Å². The molecule has 0 aliphatic heterocycles. The number of carbonyl (C=O) groups is 3. The van der Waals surface area contributed by atoms with E-state index in [2.05, 4.69) is 10.3 Å². The van der Waals surface area contributed by atoms with Gasteiger partial charge in [-0.05, 0) is 6.92 Å². The fraction of sp³-hybridized carbons (Fsp3) is 0.455. The summed E-state index contributed by atoms with van der Waals surface area (Å²) in [5.74, 6) is -1.69. The van der Waals surface area contributed by atoms with Gasteiger partial charge in [0.05, 0.1) is 6.33 Å². The molecule has 0 fully saturated rings. The Morgan fingerprint density at radius 1 is 1.50 bits per heavy atom. The maximum absolute atomic E-state index is 11.7. The summed E-state index contributed by atoms with van der Waals surface area (Å²) in [6, 6.07) is -0.398. The standard InChI is InChI=1S/C11H17N5O4/c1-2-16(6-9(12)17)11(20)13-3-4-15-5-8(10(18)19)14-7-15/h5,7H,2-4,6H2,1H3,(H2,12,17)(H,13,20)(H,18,19). The molecule has 0 saturated heterocycles. The summed E-state index contributed by atoms with van der Waals surface area (Å²) in [5.41, 5.74) is 4.97. The van der Waals surface area contributed by atoms with Gasteiger partial charge in [-0.2, -0.15) is 0 Å². The van der Waals surface area contributed by atoms with Crippen molar-refractivity contribution in [1.82, 2.24) is 19.8 Å². The third kappa shape index (κ3) is 4.59. The number of amides is 3. The molecule has 0 aliphatic carbocycles. The summed E-state index contributed by atoms with van der Waals surface area (Å²) >= 11 is 0. The van der Waals surface area contributed by atoms with Gasteiger partial charge in [0.15, 0.2) is 5.69 Å². The Labute approximate surface area is 115 Å². The molecule has 0 saturated carbocycles. The molecule has 0 spiro atoms. The highest BCUT2D eigenvalue weighted by atomic mass is 16.4. The van der Waals surface area contributed by atoms with Gasteiger partial charge in [0.25, 0.3) is 0 Å². The van der Waals surface area contributed by atoms with E-state index in [-0.39, 0.29) is 18.8 Å². The molecule has 0 unspecified atom stereocenters. The molecule has 110 valence electrons. The fourth-order valence-corrected chi connectivity index (χ4v) is 1.51.